The molecule has 0 unspecified atom stereocenters. The van der Waals surface area contributed by atoms with E-state index >= 15 is 0 Å². The lowest BCUT2D eigenvalue weighted by molar-refractivity contribution is 0.284. The molecule has 2 rings (SSSR count). The maximum Gasteiger partial charge on any atom is 0.200 e. The second-order valence-electron chi connectivity index (χ2n) is 4.47. The minimum Gasteiger partial charge on any atom is -0.486 e. The fourth-order valence-electron chi connectivity index (χ4n) is 1.83. The van der Waals surface area contributed by atoms with E-state index in [0.29, 0.717) is 5.56 Å². The summed E-state index contributed by atoms with van der Waals surface area (Å²) < 4.78 is 31.8. The van der Waals surface area contributed by atoms with Crippen molar-refractivity contribution in [2.45, 2.75) is 13.5 Å². The van der Waals surface area contributed by atoms with Crippen molar-refractivity contribution in [3.8, 4) is 5.75 Å². The number of ether oxygens (including phenoxy) is 1. The molecule has 0 saturated carbocycles. The van der Waals surface area contributed by atoms with Crippen LogP contribution in [0.3, 0.4) is 0 Å². The summed E-state index contributed by atoms with van der Waals surface area (Å²) in [6.07, 6.45) is 0. The van der Waals surface area contributed by atoms with Gasteiger partial charge in [0.05, 0.1) is 0 Å². The largest absolute Gasteiger partial charge is 0.486 e. The molecule has 2 aromatic carbocycles. The van der Waals surface area contributed by atoms with Crippen LogP contribution in [0.1, 0.15) is 16.7 Å². The first-order valence-electron chi connectivity index (χ1n) is 6.17. The quantitative estimate of drug-likeness (QED) is 0.394. The van der Waals surface area contributed by atoms with Gasteiger partial charge in [0, 0.05) is 5.56 Å². The van der Waals surface area contributed by atoms with E-state index in [1.54, 1.807) is 18.2 Å². The highest BCUT2D eigenvalue weighted by molar-refractivity contribution is 5.97. The summed E-state index contributed by atoms with van der Waals surface area (Å²) in [6.45, 7) is 1.90. The number of nitrogens with zero attached hydrogens (tertiary/aromatic N) is 1. The lowest BCUT2D eigenvalue weighted by atomic mass is 10.1. The van der Waals surface area contributed by atoms with E-state index in [1.165, 1.54) is 12.1 Å². The Morgan fingerprint density at radius 2 is 2.05 bits per heavy atom. The molecule has 0 bridgehead atoms. The number of oxime groups is 1. The van der Waals surface area contributed by atoms with Gasteiger partial charge in [0.2, 0.25) is 5.82 Å². The van der Waals surface area contributed by atoms with Crippen LogP contribution in [0.25, 0.3) is 0 Å². The van der Waals surface area contributed by atoms with Gasteiger partial charge in [-0.05, 0) is 36.2 Å². The number of aryl methyl sites for hydroxylation is 1. The zero-order chi connectivity index (χ0) is 15.4. The van der Waals surface area contributed by atoms with Gasteiger partial charge in [-0.2, -0.15) is 4.39 Å². The SMILES string of the molecule is Cc1cc(/C(N)=N/O)ccc1COc1cccc(F)c1F. The average Bonchev–Trinajstić information content (AvgIpc) is 2.49. The molecule has 6 heteroatoms. The summed E-state index contributed by atoms with van der Waals surface area (Å²) in [6, 6.07) is 8.86. The van der Waals surface area contributed by atoms with Crippen molar-refractivity contribution in [2.75, 3.05) is 0 Å². The highest BCUT2D eigenvalue weighted by Gasteiger charge is 2.10. The number of hydrogen-bond acceptors (Lipinski definition) is 3. The van der Waals surface area contributed by atoms with Gasteiger partial charge >= 0.3 is 0 Å². The topological polar surface area (TPSA) is 67.8 Å². The van der Waals surface area contributed by atoms with E-state index < -0.39 is 11.6 Å². The first-order valence-corrected chi connectivity index (χ1v) is 6.17. The molecule has 0 radical (unpaired) electrons. The molecule has 0 amide bonds. The van der Waals surface area contributed by atoms with Gasteiger partial charge < -0.3 is 15.7 Å². The van der Waals surface area contributed by atoms with Crippen molar-refractivity contribution in [3.05, 3.63) is 64.7 Å². The Kier molecular flexibility index (Phi) is 4.37. The van der Waals surface area contributed by atoms with Gasteiger partial charge in [-0.15, -0.1) is 0 Å². The molecule has 0 aromatic heterocycles. The summed E-state index contributed by atoms with van der Waals surface area (Å²) in [5, 5.41) is 11.5. The Morgan fingerprint density at radius 1 is 1.29 bits per heavy atom. The molecule has 4 nitrogen and oxygen atoms in total. The van der Waals surface area contributed by atoms with Gasteiger partial charge in [0.1, 0.15) is 6.61 Å². The van der Waals surface area contributed by atoms with Gasteiger partial charge in [-0.1, -0.05) is 23.4 Å². The number of amidine groups is 1. The zero-order valence-corrected chi connectivity index (χ0v) is 11.3. The number of nitrogens with two attached hydrogens (primary N) is 1. The van der Waals surface area contributed by atoms with Crippen molar-refractivity contribution in [1.29, 1.82) is 0 Å². The van der Waals surface area contributed by atoms with Crippen LogP contribution in [0, 0.1) is 18.6 Å². The Hall–Kier alpha value is -2.63. The average molecular weight is 292 g/mol. The van der Waals surface area contributed by atoms with Crippen molar-refractivity contribution >= 4 is 5.84 Å². The van der Waals surface area contributed by atoms with Gasteiger partial charge in [-0.25, -0.2) is 4.39 Å². The molecule has 0 saturated heterocycles. The molecule has 0 aliphatic heterocycles. The van der Waals surface area contributed by atoms with Crippen LogP contribution in [0.15, 0.2) is 41.6 Å². The number of halogens is 2. The minimum atomic E-state index is -1.01. The maximum absolute atomic E-state index is 13.5. The molecule has 110 valence electrons. The van der Waals surface area contributed by atoms with Crippen LogP contribution in [0.4, 0.5) is 8.78 Å². The minimum absolute atomic E-state index is 0.00161. The zero-order valence-electron chi connectivity index (χ0n) is 11.3. The fourth-order valence-corrected chi connectivity index (χ4v) is 1.83. The third-order valence-corrected chi connectivity index (χ3v) is 3.05. The maximum atomic E-state index is 13.5. The standard InChI is InChI=1S/C15H14F2N2O2/c1-9-7-10(15(18)19-20)5-6-11(9)8-21-13-4-2-3-12(16)14(13)17/h2-7,20H,8H2,1H3,(H2,18,19). The van der Waals surface area contributed by atoms with Gasteiger partial charge in [0.15, 0.2) is 17.4 Å². The van der Waals surface area contributed by atoms with Crippen LogP contribution >= 0.6 is 0 Å². The second-order valence-corrected chi connectivity index (χ2v) is 4.47. The third-order valence-electron chi connectivity index (χ3n) is 3.05. The van der Waals surface area contributed by atoms with E-state index in [2.05, 4.69) is 5.16 Å². The highest BCUT2D eigenvalue weighted by Crippen LogP contribution is 2.21. The summed E-state index contributed by atoms with van der Waals surface area (Å²) in [5.74, 6) is -2.11. The Bertz CT molecular complexity index is 687. The predicted octanol–water partition coefficient (Wildman–Crippen LogP) is 2.95. The van der Waals surface area contributed by atoms with Crippen LogP contribution in [-0.4, -0.2) is 11.0 Å². The van der Waals surface area contributed by atoms with E-state index in [-0.39, 0.29) is 18.2 Å². The summed E-state index contributed by atoms with van der Waals surface area (Å²) in [4.78, 5) is 0. The molecule has 0 aliphatic rings. The molecule has 0 heterocycles. The van der Waals surface area contributed by atoms with Crippen molar-refractivity contribution in [2.24, 2.45) is 10.9 Å². The molecule has 0 spiro atoms. The summed E-state index contributed by atoms with van der Waals surface area (Å²) in [7, 11) is 0. The van der Waals surface area contributed by atoms with Gasteiger partial charge in [-0.3, -0.25) is 0 Å². The molecule has 0 fully saturated rings. The normalized spacial score (nSPS) is 11.5. The first-order chi connectivity index (χ1) is 10.0. The van der Waals surface area contributed by atoms with E-state index in [9.17, 15) is 8.78 Å². The molecule has 0 atom stereocenters. The number of benzene rings is 2. The van der Waals surface area contributed by atoms with Crippen molar-refractivity contribution in [3.63, 3.8) is 0 Å². The highest BCUT2D eigenvalue weighted by atomic mass is 19.2. The number of hydrogen-bond donors (Lipinski definition) is 2. The summed E-state index contributed by atoms with van der Waals surface area (Å²) in [5.41, 5.74) is 7.67. The van der Waals surface area contributed by atoms with Crippen LogP contribution in [0.2, 0.25) is 0 Å². The molecule has 3 N–H and O–H groups in total. The number of rotatable bonds is 4. The Labute approximate surface area is 120 Å². The summed E-state index contributed by atoms with van der Waals surface area (Å²) >= 11 is 0. The Morgan fingerprint density at radius 3 is 2.71 bits per heavy atom. The van der Waals surface area contributed by atoms with Gasteiger partial charge in [0.25, 0.3) is 0 Å². The lowest BCUT2D eigenvalue weighted by Crippen LogP contribution is -2.13. The lowest BCUT2D eigenvalue weighted by Gasteiger charge is -2.11. The second kappa shape index (κ2) is 6.21. The first kappa shape index (κ1) is 14.8. The van der Waals surface area contributed by atoms with Crippen LogP contribution in [-0.2, 0) is 6.61 Å². The van der Waals surface area contributed by atoms with Crippen LogP contribution in [0.5, 0.6) is 5.75 Å². The molecule has 2 aromatic rings. The van der Waals surface area contributed by atoms with Crippen molar-refractivity contribution in [1.82, 2.24) is 0 Å². The van der Waals surface area contributed by atoms with Crippen molar-refractivity contribution < 1.29 is 18.7 Å². The molecular formula is C15H14F2N2O2. The monoisotopic (exact) mass is 292 g/mol. The molecule has 21 heavy (non-hydrogen) atoms. The smallest absolute Gasteiger partial charge is 0.200 e. The van der Waals surface area contributed by atoms with E-state index in [1.807, 2.05) is 6.92 Å². The van der Waals surface area contributed by atoms with E-state index in [4.69, 9.17) is 15.7 Å². The third kappa shape index (κ3) is 3.28. The Balaban J connectivity index is 2.15. The predicted molar refractivity (Wildman–Crippen MR) is 74.4 cm³/mol. The fraction of sp³-hybridized carbons (Fsp3) is 0.133. The van der Waals surface area contributed by atoms with E-state index in [0.717, 1.165) is 17.2 Å². The molecular weight excluding hydrogens is 278 g/mol. The van der Waals surface area contributed by atoms with Crippen LogP contribution < -0.4 is 10.5 Å². The molecule has 0 aliphatic carbocycles.